The number of halogens is 4. The lowest BCUT2D eigenvalue weighted by atomic mass is 10.2. The van der Waals surface area contributed by atoms with Gasteiger partial charge in [-0.1, -0.05) is 29.0 Å². The van der Waals surface area contributed by atoms with Gasteiger partial charge in [-0.2, -0.15) is 18.2 Å². The number of thiazole rings is 1. The summed E-state index contributed by atoms with van der Waals surface area (Å²) in [5.74, 6) is -1.90. The van der Waals surface area contributed by atoms with Crippen LogP contribution in [0.3, 0.4) is 0 Å². The maximum Gasteiger partial charge on any atom is 0.416 e. The number of carboxylic acid groups (broad SMARTS) is 1. The summed E-state index contributed by atoms with van der Waals surface area (Å²) in [5.41, 5.74) is -0.447. The molecule has 0 unspecified atom stereocenters. The summed E-state index contributed by atoms with van der Waals surface area (Å²) in [5, 5.41) is 9.42. The Morgan fingerprint density at radius 1 is 1.19 bits per heavy atom. The molecule has 27 heavy (non-hydrogen) atoms. The molecule has 0 spiro atoms. The number of rotatable bonds is 3. The Morgan fingerprint density at radius 2 is 1.93 bits per heavy atom. The molecule has 0 radical (unpaired) electrons. The van der Waals surface area contributed by atoms with E-state index in [-0.39, 0.29) is 20.6 Å². The van der Waals surface area contributed by atoms with Crippen LogP contribution >= 0.6 is 22.9 Å². The monoisotopic (exact) mass is 414 g/mol. The van der Waals surface area contributed by atoms with Gasteiger partial charge in [-0.25, -0.2) is 0 Å². The topological polar surface area (TPSA) is 71.7 Å². The Kier molecular flexibility index (Phi) is 5.07. The summed E-state index contributed by atoms with van der Waals surface area (Å²) in [6.45, 7) is -0.549. The van der Waals surface area contributed by atoms with Crippen molar-refractivity contribution < 1.29 is 27.9 Å². The standard InChI is InChI=1S/C17H10ClF3N2O3S/c18-11-3-1-2-9(6-11)15(26)22-16-23(8-14(24)25)12-5-4-10(17(19,20)21)7-13(12)27-16/h1-7H,8H2,(H,24,25). The van der Waals surface area contributed by atoms with Gasteiger partial charge in [0.1, 0.15) is 6.54 Å². The van der Waals surface area contributed by atoms with Crippen molar-refractivity contribution in [1.82, 2.24) is 4.57 Å². The summed E-state index contributed by atoms with van der Waals surface area (Å²) in [7, 11) is 0. The molecule has 0 aliphatic rings. The van der Waals surface area contributed by atoms with Gasteiger partial charge in [0.25, 0.3) is 5.91 Å². The molecule has 0 bridgehead atoms. The summed E-state index contributed by atoms with van der Waals surface area (Å²) >= 11 is 6.64. The number of carbonyl (C=O) groups excluding carboxylic acids is 1. The number of benzene rings is 2. The van der Waals surface area contributed by atoms with Gasteiger partial charge in [-0.05, 0) is 36.4 Å². The van der Waals surface area contributed by atoms with Crippen LogP contribution < -0.4 is 4.80 Å². The van der Waals surface area contributed by atoms with E-state index in [1.54, 1.807) is 12.1 Å². The van der Waals surface area contributed by atoms with E-state index >= 15 is 0 Å². The molecule has 10 heteroatoms. The third kappa shape index (κ3) is 4.20. The van der Waals surface area contributed by atoms with Gasteiger partial charge in [-0.3, -0.25) is 9.59 Å². The Balaban J connectivity index is 2.18. The van der Waals surface area contributed by atoms with Crippen molar-refractivity contribution in [3.05, 3.63) is 63.4 Å². The van der Waals surface area contributed by atoms with Crippen LogP contribution in [-0.4, -0.2) is 21.6 Å². The summed E-state index contributed by atoms with van der Waals surface area (Å²) < 4.78 is 40.1. The molecule has 0 aliphatic carbocycles. The smallest absolute Gasteiger partial charge is 0.416 e. The minimum absolute atomic E-state index is 0.0169. The average Bonchev–Trinajstić information content (AvgIpc) is 2.90. The van der Waals surface area contributed by atoms with Crippen molar-refractivity contribution in [3.8, 4) is 0 Å². The van der Waals surface area contributed by atoms with Gasteiger partial charge in [0.15, 0.2) is 4.80 Å². The van der Waals surface area contributed by atoms with Crippen LogP contribution in [0.25, 0.3) is 10.2 Å². The minimum Gasteiger partial charge on any atom is -0.480 e. The molecular weight excluding hydrogens is 405 g/mol. The predicted octanol–water partition coefficient (Wildman–Crippen LogP) is 4.20. The first-order chi connectivity index (χ1) is 12.6. The van der Waals surface area contributed by atoms with E-state index in [4.69, 9.17) is 16.7 Å². The van der Waals surface area contributed by atoms with Gasteiger partial charge in [0.05, 0.1) is 15.8 Å². The quantitative estimate of drug-likeness (QED) is 0.698. The van der Waals surface area contributed by atoms with Gasteiger partial charge >= 0.3 is 12.1 Å². The third-order valence-corrected chi connectivity index (χ3v) is 4.85. The summed E-state index contributed by atoms with van der Waals surface area (Å²) in [6.07, 6.45) is -4.54. The van der Waals surface area contributed by atoms with E-state index in [0.29, 0.717) is 5.02 Å². The zero-order chi connectivity index (χ0) is 19.8. The van der Waals surface area contributed by atoms with Crippen molar-refractivity contribution in [2.45, 2.75) is 12.7 Å². The number of amides is 1. The number of hydrogen-bond donors (Lipinski definition) is 1. The summed E-state index contributed by atoms with van der Waals surface area (Å²) in [6, 6.07) is 8.92. The first kappa shape index (κ1) is 19.1. The molecule has 5 nitrogen and oxygen atoms in total. The van der Waals surface area contributed by atoms with Gasteiger partial charge in [-0.15, -0.1) is 0 Å². The molecule has 3 aromatic rings. The molecular formula is C17H10ClF3N2O3S. The molecule has 1 aromatic heterocycles. The molecule has 0 saturated carbocycles. The number of carboxylic acids is 1. The lowest BCUT2D eigenvalue weighted by Crippen LogP contribution is -2.21. The Morgan fingerprint density at radius 3 is 2.56 bits per heavy atom. The normalized spacial score (nSPS) is 12.5. The number of hydrogen-bond acceptors (Lipinski definition) is 3. The summed E-state index contributed by atoms with van der Waals surface area (Å²) in [4.78, 5) is 27.4. The molecule has 1 amide bonds. The lowest BCUT2D eigenvalue weighted by molar-refractivity contribution is -0.138. The first-order valence-electron chi connectivity index (χ1n) is 7.42. The number of nitrogens with zero attached hydrogens (tertiary/aromatic N) is 2. The molecule has 0 saturated heterocycles. The fraction of sp³-hybridized carbons (Fsp3) is 0.118. The molecule has 3 rings (SSSR count). The number of aliphatic carboxylic acids is 1. The second kappa shape index (κ2) is 7.16. The van der Waals surface area contributed by atoms with Crippen LogP contribution in [0.4, 0.5) is 13.2 Å². The lowest BCUT2D eigenvalue weighted by Gasteiger charge is -2.06. The van der Waals surface area contributed by atoms with Gasteiger partial charge in [0.2, 0.25) is 0 Å². The van der Waals surface area contributed by atoms with E-state index in [2.05, 4.69) is 4.99 Å². The largest absolute Gasteiger partial charge is 0.480 e. The van der Waals surface area contributed by atoms with E-state index in [1.165, 1.54) is 22.8 Å². The molecule has 1 heterocycles. The van der Waals surface area contributed by atoms with Crippen LogP contribution in [0.15, 0.2) is 47.5 Å². The van der Waals surface area contributed by atoms with Crippen LogP contribution in [0, 0.1) is 0 Å². The van der Waals surface area contributed by atoms with Crippen LogP contribution in [-0.2, 0) is 17.5 Å². The van der Waals surface area contributed by atoms with E-state index < -0.39 is 30.2 Å². The predicted molar refractivity (Wildman–Crippen MR) is 93.8 cm³/mol. The highest BCUT2D eigenvalue weighted by Gasteiger charge is 2.31. The zero-order valence-corrected chi connectivity index (χ0v) is 14.9. The third-order valence-electron chi connectivity index (χ3n) is 3.57. The highest BCUT2D eigenvalue weighted by atomic mass is 35.5. The van der Waals surface area contributed by atoms with E-state index in [9.17, 15) is 22.8 Å². The molecule has 0 aliphatic heterocycles. The second-order valence-electron chi connectivity index (χ2n) is 5.47. The van der Waals surface area contributed by atoms with Crippen molar-refractivity contribution in [2.24, 2.45) is 4.99 Å². The van der Waals surface area contributed by atoms with Crippen LogP contribution in [0.1, 0.15) is 15.9 Å². The van der Waals surface area contributed by atoms with E-state index in [1.807, 2.05) is 0 Å². The molecule has 0 fully saturated rings. The van der Waals surface area contributed by atoms with Crippen LogP contribution in [0.2, 0.25) is 5.02 Å². The second-order valence-corrected chi connectivity index (χ2v) is 6.92. The number of aromatic nitrogens is 1. The molecule has 2 aromatic carbocycles. The zero-order valence-electron chi connectivity index (χ0n) is 13.3. The first-order valence-corrected chi connectivity index (χ1v) is 8.61. The number of alkyl halides is 3. The number of carbonyl (C=O) groups is 2. The molecule has 0 atom stereocenters. The average molecular weight is 415 g/mol. The SMILES string of the molecule is O=C(O)Cn1c(=NC(=O)c2cccc(Cl)c2)sc2cc(C(F)(F)F)ccc21. The minimum atomic E-state index is -4.54. The van der Waals surface area contributed by atoms with E-state index in [0.717, 1.165) is 23.5 Å². The Hall–Kier alpha value is -2.65. The van der Waals surface area contributed by atoms with Crippen LogP contribution in [0.5, 0.6) is 0 Å². The maximum atomic E-state index is 12.9. The number of fused-ring (bicyclic) bond motifs is 1. The highest BCUT2D eigenvalue weighted by molar-refractivity contribution is 7.16. The maximum absolute atomic E-state index is 12.9. The van der Waals surface area contributed by atoms with Crippen molar-refractivity contribution in [1.29, 1.82) is 0 Å². The molecule has 140 valence electrons. The van der Waals surface area contributed by atoms with Gasteiger partial charge < -0.3 is 9.67 Å². The molecule has 1 N–H and O–H groups in total. The van der Waals surface area contributed by atoms with Gasteiger partial charge in [0, 0.05) is 10.6 Å². The fourth-order valence-electron chi connectivity index (χ4n) is 2.40. The Bertz CT molecular complexity index is 1120. The van der Waals surface area contributed by atoms with Crippen molar-refractivity contribution in [2.75, 3.05) is 0 Å². The highest BCUT2D eigenvalue weighted by Crippen LogP contribution is 2.32. The van der Waals surface area contributed by atoms with Crippen molar-refractivity contribution in [3.63, 3.8) is 0 Å². The van der Waals surface area contributed by atoms with Crippen molar-refractivity contribution >= 4 is 45.0 Å². The Labute approximate surface area is 159 Å². The fourth-order valence-corrected chi connectivity index (χ4v) is 3.65.